The third kappa shape index (κ3) is 18.7. The van der Waals surface area contributed by atoms with E-state index in [1.54, 1.807) is 31.4 Å². The number of benzene rings is 10. The minimum atomic E-state index is -0.222. The number of ether oxygens (including phenoxy) is 2. The molecule has 0 saturated heterocycles. The highest BCUT2D eigenvalue weighted by Gasteiger charge is 2.30. The summed E-state index contributed by atoms with van der Waals surface area (Å²) in [6, 6.07) is 80.1. The second kappa shape index (κ2) is 38.4. The van der Waals surface area contributed by atoms with E-state index in [0.717, 1.165) is 174 Å². The van der Waals surface area contributed by atoms with Crippen molar-refractivity contribution in [3.05, 3.63) is 400 Å². The van der Waals surface area contributed by atoms with E-state index in [1.165, 1.54) is 7.11 Å². The maximum absolute atomic E-state index is 12.5. The van der Waals surface area contributed by atoms with Gasteiger partial charge < -0.3 is 40.1 Å². The molecule has 126 heavy (non-hydrogen) atoms. The third-order valence-corrected chi connectivity index (χ3v) is 22.5. The van der Waals surface area contributed by atoms with E-state index >= 15 is 0 Å². The van der Waals surface area contributed by atoms with Gasteiger partial charge >= 0.3 is 0 Å². The van der Waals surface area contributed by atoms with E-state index in [0.29, 0.717) is 71.6 Å². The first-order chi connectivity index (χ1) is 61.6. The van der Waals surface area contributed by atoms with Crippen molar-refractivity contribution in [2.45, 2.75) is 71.7 Å². The van der Waals surface area contributed by atoms with Gasteiger partial charge in [0.2, 0.25) is 0 Å². The summed E-state index contributed by atoms with van der Waals surface area (Å²) in [5.41, 5.74) is 29.4. The van der Waals surface area contributed by atoms with Crippen molar-refractivity contribution in [3.8, 4) is 67.8 Å². The van der Waals surface area contributed by atoms with Gasteiger partial charge in [0.15, 0.2) is 28.9 Å². The number of nitrogens with one attached hydrogen (secondary N) is 5. The number of aliphatic hydroxyl groups excluding tert-OH is 6. The number of fused-ring (bicyclic) bond motifs is 5. The predicted octanol–water partition coefficient (Wildman–Crippen LogP) is 16.5. The fraction of sp³-hybridized carbons (Fsp3) is 0.126. The molecule has 0 saturated carbocycles. The van der Waals surface area contributed by atoms with Crippen LogP contribution in [0.4, 0.5) is 0 Å². The van der Waals surface area contributed by atoms with Crippen molar-refractivity contribution in [2.75, 3.05) is 14.2 Å². The number of hydrogen-bond donors (Lipinski definition) is 11. The summed E-state index contributed by atoms with van der Waals surface area (Å²) in [4.78, 5) is 62.3. The topological polar surface area (TPSA) is 369 Å². The number of nitrogens with zero attached hydrogens (tertiary/aromatic N) is 5. The fourth-order valence-electron chi connectivity index (χ4n) is 15.9. The molecule has 0 aliphatic heterocycles. The molecule has 626 valence electrons. The van der Waals surface area contributed by atoms with Crippen molar-refractivity contribution in [2.24, 2.45) is 0 Å². The number of rotatable bonds is 18. The maximum Gasteiger partial charge on any atom is 0.189 e. The van der Waals surface area contributed by atoms with Gasteiger partial charge in [0.05, 0.1) is 111 Å². The van der Waals surface area contributed by atoms with Crippen molar-refractivity contribution in [3.63, 3.8) is 0 Å². The Bertz CT molecular complexity index is 6760. The van der Waals surface area contributed by atoms with Crippen molar-refractivity contribution in [1.29, 1.82) is 0 Å². The Morgan fingerprint density at radius 2 is 0.595 bits per heavy atom. The quantitative estimate of drug-likeness (QED) is 0.0355. The van der Waals surface area contributed by atoms with Crippen LogP contribution in [0.3, 0.4) is 0 Å². The standard InChI is InChI=1S/C22H20N2O4.2C21H18N2O3.C20H16N2O2.C19H14N2O/c1-28-21-9-14(7-16(11-25)19(21)12-26)20-10-17(23-24-20)8-15-6-13-4-2-3-5-18(13)22(15)27;1-26-18-7-13(12-24)6-15(10-18)20-11-17(22-23-20)9-16-8-14-4-2-3-5-19(14)21(16)25;24-11-15-6-5-14(8-17(15)12-25)20-10-18(22-23-20)9-16-7-13-3-1-2-4-19(13)21(16)26;23-12-13-5-7-14(8-6-13)19-11-17(21-22-19)10-16-9-15-3-1-2-4-18(15)20(16)24;22-19-15(10-14-8-4-5-9-17(14)19)11-16-12-18(21-20-16)13-6-2-1-3-7-13/h2-5,7-10,25-26H,6,11-12H2,1H3,(H,23,24);2-7,9-11,24H,8,12H2,1H3,(H,22,23);1-6,8-10,24-25H,7,11-12H2,(H,22,23);1-8,10-11,23H,9,12H2,(H,21,22);1-9,11-12H,10H2,(H,20,21)/b15-8+;2*16-9+;16-10+;15-11+. The summed E-state index contributed by atoms with van der Waals surface area (Å²) in [7, 11) is 3.10. The second-order valence-corrected chi connectivity index (χ2v) is 30.6. The summed E-state index contributed by atoms with van der Waals surface area (Å²) in [5, 5.41) is 92.9. The number of aromatic amines is 5. The molecule has 5 aromatic heterocycles. The van der Waals surface area contributed by atoms with Crippen LogP contribution in [-0.2, 0) is 71.7 Å². The van der Waals surface area contributed by atoms with Gasteiger partial charge in [0, 0.05) is 121 Å². The molecule has 20 rings (SSSR count). The molecular formula is C103H86N10O13. The van der Waals surface area contributed by atoms with Gasteiger partial charge in [-0.05, 0) is 153 Å². The Hall–Kier alpha value is -15.3. The molecular weight excluding hydrogens is 1590 g/mol. The Balaban J connectivity index is 0.000000116. The first kappa shape index (κ1) is 84.3. The molecule has 10 aromatic carbocycles. The zero-order valence-corrected chi connectivity index (χ0v) is 68.7. The van der Waals surface area contributed by atoms with Crippen molar-refractivity contribution in [1.82, 2.24) is 51.0 Å². The Morgan fingerprint density at radius 3 is 0.929 bits per heavy atom. The second-order valence-electron chi connectivity index (χ2n) is 30.6. The van der Waals surface area contributed by atoms with Gasteiger partial charge in [-0.3, -0.25) is 49.5 Å². The predicted molar refractivity (Wildman–Crippen MR) is 481 cm³/mol. The normalized spacial score (nSPS) is 14.9. The van der Waals surface area contributed by atoms with Gasteiger partial charge in [-0.1, -0.05) is 188 Å². The smallest absolute Gasteiger partial charge is 0.189 e. The number of carbonyl (C=O) groups is 5. The number of Topliss-reactive ketones (excluding diaryl/α,β-unsaturated/α-hetero) is 5. The highest BCUT2D eigenvalue weighted by atomic mass is 16.5. The molecule has 23 heteroatoms. The summed E-state index contributed by atoms with van der Waals surface area (Å²) in [6.07, 6.45) is 12.5. The number of methoxy groups -OCH3 is 2. The SMILES string of the molecule is COc1cc(-c2cc(/C=C3\Cc4ccccc4C3=O)[nH]n2)cc(CO)c1CO.COc1cc(CO)cc(-c2cc(/C=C3\Cc4ccccc4C3=O)[nH]n2)c1.O=C1/C(=C/c2cc(-c3ccc(CO)c(CO)c3)n[nH]2)Cc2ccccc21.O=C1/C(=C/c2cc(-c3ccc(CO)cc3)n[nH]2)Cc2ccccc21.O=C1/C(=C/c2cc(-c3ccccc3)n[nH]2)Cc2ccccc21. The minimum Gasteiger partial charge on any atom is -0.497 e. The lowest BCUT2D eigenvalue weighted by molar-refractivity contribution is 0.103. The maximum atomic E-state index is 12.5. The number of aromatic nitrogens is 10. The first-order valence-corrected chi connectivity index (χ1v) is 40.8. The highest BCUT2D eigenvalue weighted by molar-refractivity contribution is 6.18. The molecule has 0 fully saturated rings. The molecule has 15 aromatic rings. The van der Waals surface area contributed by atoms with Gasteiger partial charge in [-0.25, -0.2) is 0 Å². The lowest BCUT2D eigenvalue weighted by Gasteiger charge is -2.12. The molecule has 5 heterocycles. The monoisotopic (exact) mass is 1670 g/mol. The van der Waals surface area contributed by atoms with E-state index in [9.17, 15) is 49.5 Å². The van der Waals surface area contributed by atoms with Crippen LogP contribution < -0.4 is 9.47 Å². The van der Waals surface area contributed by atoms with Crippen LogP contribution in [0.2, 0.25) is 0 Å². The third-order valence-electron chi connectivity index (χ3n) is 22.5. The number of hydrogen-bond acceptors (Lipinski definition) is 18. The van der Waals surface area contributed by atoms with Gasteiger partial charge in [-0.2, -0.15) is 25.5 Å². The molecule has 0 spiro atoms. The van der Waals surface area contributed by atoms with Crippen LogP contribution in [0.5, 0.6) is 11.5 Å². The van der Waals surface area contributed by atoms with Gasteiger partial charge in [0.1, 0.15) is 11.5 Å². The summed E-state index contributed by atoms with van der Waals surface area (Å²) in [6.45, 7) is -0.734. The molecule has 0 radical (unpaired) electrons. The highest BCUT2D eigenvalue weighted by Crippen LogP contribution is 2.37. The van der Waals surface area contributed by atoms with E-state index in [1.807, 2.05) is 261 Å². The largest absolute Gasteiger partial charge is 0.497 e. The number of allylic oxidation sites excluding steroid dienone is 5. The lowest BCUT2D eigenvalue weighted by atomic mass is 10.0. The minimum absolute atomic E-state index is 0.0286. The Morgan fingerprint density at radius 1 is 0.278 bits per heavy atom. The van der Waals surface area contributed by atoms with Crippen LogP contribution in [0.25, 0.3) is 86.7 Å². The summed E-state index contributed by atoms with van der Waals surface area (Å²) < 4.78 is 10.6. The Kier molecular flexibility index (Phi) is 25.7. The first-order valence-electron chi connectivity index (χ1n) is 40.8. The van der Waals surface area contributed by atoms with E-state index in [2.05, 4.69) is 51.0 Å². The number of ketones is 5. The van der Waals surface area contributed by atoms with Crippen LogP contribution >= 0.6 is 0 Å². The van der Waals surface area contributed by atoms with Gasteiger partial charge in [-0.15, -0.1) is 0 Å². The lowest BCUT2D eigenvalue weighted by Crippen LogP contribution is -1.99. The number of H-pyrrole nitrogens is 5. The molecule has 23 nitrogen and oxygen atoms in total. The fourth-order valence-corrected chi connectivity index (χ4v) is 15.9. The molecule has 0 atom stereocenters. The summed E-state index contributed by atoms with van der Waals surface area (Å²) >= 11 is 0. The van der Waals surface area contributed by atoms with Crippen LogP contribution in [0.1, 0.15) is 141 Å². The number of aliphatic hydroxyl groups is 6. The van der Waals surface area contributed by atoms with Gasteiger partial charge in [0.25, 0.3) is 0 Å². The van der Waals surface area contributed by atoms with E-state index < -0.39 is 0 Å². The molecule has 0 amide bonds. The zero-order chi connectivity index (χ0) is 87.3. The zero-order valence-electron chi connectivity index (χ0n) is 68.7. The summed E-state index contributed by atoms with van der Waals surface area (Å²) in [5.74, 6) is 1.54. The van der Waals surface area contributed by atoms with Crippen LogP contribution in [0, 0.1) is 0 Å². The van der Waals surface area contributed by atoms with Crippen molar-refractivity contribution >= 4 is 59.3 Å². The molecule has 0 unspecified atom stereocenters. The van der Waals surface area contributed by atoms with Crippen LogP contribution in [-0.4, -0.2) is 125 Å². The number of carbonyl (C=O) groups excluding carboxylic acids is 5. The van der Waals surface area contributed by atoms with E-state index in [4.69, 9.17) is 14.6 Å². The molecule has 11 N–H and O–H groups in total. The average molecular weight is 1670 g/mol. The van der Waals surface area contributed by atoms with Crippen molar-refractivity contribution < 1.29 is 64.1 Å². The van der Waals surface area contributed by atoms with Crippen LogP contribution in [0.15, 0.2) is 283 Å². The molecule has 5 aliphatic carbocycles. The Labute approximate surface area is 724 Å². The molecule has 5 aliphatic rings. The molecule has 0 bridgehead atoms. The average Bonchev–Trinajstić information content (AvgIpc) is 1.68. The van der Waals surface area contributed by atoms with E-state index in [-0.39, 0.29) is 68.6 Å².